The van der Waals surface area contributed by atoms with Gasteiger partial charge in [-0.3, -0.25) is 4.79 Å². The molecule has 0 aromatic heterocycles. The van der Waals surface area contributed by atoms with Crippen LogP contribution in [0.15, 0.2) is 0 Å². The molecule has 8 heteroatoms. The van der Waals surface area contributed by atoms with Crippen LogP contribution in [0.1, 0.15) is 61.8 Å². The smallest absolute Gasteiger partial charge is 0.312 e. The lowest BCUT2D eigenvalue weighted by Crippen LogP contribution is -2.44. The van der Waals surface area contributed by atoms with Gasteiger partial charge in [0.25, 0.3) is 0 Å². The number of primary amides is 1. The molecule has 0 aliphatic carbocycles. The van der Waals surface area contributed by atoms with E-state index >= 15 is 0 Å². The fraction of sp³-hybridized carbons (Fsp3) is 0.833. The highest BCUT2D eigenvalue weighted by atomic mass is 16.2. The topological polar surface area (TPSA) is 139 Å². The maximum Gasteiger partial charge on any atom is 0.312 e. The normalized spacial score (nSPS) is 9.19. The third-order valence-electron chi connectivity index (χ3n) is 2.28. The van der Waals surface area contributed by atoms with Gasteiger partial charge in [-0.25, -0.2) is 4.79 Å². The van der Waals surface area contributed by atoms with Gasteiger partial charge in [-0.2, -0.15) is 0 Å². The van der Waals surface area contributed by atoms with E-state index in [1.54, 1.807) is 0 Å². The summed E-state index contributed by atoms with van der Waals surface area (Å²) in [6, 6.07) is -0.961. The fourth-order valence-electron chi connectivity index (χ4n) is 0.811. The number of rotatable bonds is 7. The Morgan fingerprint density at radius 3 is 1.65 bits per heavy atom. The van der Waals surface area contributed by atoms with Crippen molar-refractivity contribution in [2.75, 3.05) is 26.7 Å². The molecule has 0 spiro atoms. The quantitative estimate of drug-likeness (QED) is 0.428. The molecule has 0 heterocycles. The SMILES string of the molecule is CC.CC.CC(C)C(N)C(=O)NCC=O.CCCNC(N)=O.CCNC. The van der Waals surface area contributed by atoms with Crippen LogP contribution in [0.25, 0.3) is 0 Å². The van der Waals surface area contributed by atoms with Crippen molar-refractivity contribution in [1.29, 1.82) is 0 Å². The van der Waals surface area contributed by atoms with Gasteiger partial charge in [0.15, 0.2) is 0 Å². The van der Waals surface area contributed by atoms with Crippen LogP contribution in [-0.2, 0) is 9.59 Å². The Labute approximate surface area is 161 Å². The van der Waals surface area contributed by atoms with Crippen LogP contribution in [0.2, 0.25) is 0 Å². The van der Waals surface area contributed by atoms with E-state index in [0.717, 1.165) is 13.0 Å². The van der Waals surface area contributed by atoms with Gasteiger partial charge in [0.1, 0.15) is 6.29 Å². The van der Waals surface area contributed by atoms with E-state index in [2.05, 4.69) is 22.9 Å². The number of urea groups is 1. The number of carbonyl (C=O) groups excluding carboxylic acids is 3. The molecule has 0 saturated heterocycles. The Bertz CT molecular complexity index is 286. The van der Waals surface area contributed by atoms with Gasteiger partial charge in [-0.15, -0.1) is 0 Å². The summed E-state index contributed by atoms with van der Waals surface area (Å²) in [4.78, 5) is 30.7. The zero-order chi connectivity index (χ0) is 22.0. The Morgan fingerprint density at radius 2 is 1.46 bits per heavy atom. The van der Waals surface area contributed by atoms with Gasteiger partial charge < -0.3 is 32.2 Å². The minimum absolute atomic E-state index is 0.0409. The van der Waals surface area contributed by atoms with Crippen LogP contribution < -0.4 is 27.4 Å². The number of nitrogens with two attached hydrogens (primary N) is 2. The lowest BCUT2D eigenvalue weighted by atomic mass is 10.1. The van der Waals surface area contributed by atoms with Crippen LogP contribution in [-0.4, -0.2) is 50.9 Å². The lowest BCUT2D eigenvalue weighted by molar-refractivity contribution is -0.124. The minimum Gasteiger partial charge on any atom is -0.352 e. The zero-order valence-electron chi connectivity index (χ0n) is 18.4. The number of hydrogen-bond acceptors (Lipinski definition) is 5. The van der Waals surface area contributed by atoms with Crippen molar-refractivity contribution >= 4 is 18.2 Å². The molecule has 0 aromatic rings. The summed E-state index contributed by atoms with van der Waals surface area (Å²) in [5.74, 6) is -0.172. The highest BCUT2D eigenvalue weighted by Gasteiger charge is 2.15. The first-order valence-electron chi connectivity index (χ1n) is 9.43. The van der Waals surface area contributed by atoms with Gasteiger partial charge in [0, 0.05) is 6.54 Å². The highest BCUT2D eigenvalue weighted by molar-refractivity contribution is 5.83. The van der Waals surface area contributed by atoms with Crippen molar-refractivity contribution in [1.82, 2.24) is 16.0 Å². The summed E-state index contributed by atoms with van der Waals surface area (Å²) in [5.41, 5.74) is 10.2. The number of carbonyl (C=O) groups is 3. The van der Waals surface area contributed by atoms with E-state index in [1.165, 1.54) is 0 Å². The molecule has 0 fully saturated rings. The first kappa shape index (κ1) is 35.4. The lowest BCUT2D eigenvalue weighted by Gasteiger charge is -2.13. The van der Waals surface area contributed by atoms with E-state index in [9.17, 15) is 14.4 Å². The molecule has 3 amide bonds. The molecule has 8 nitrogen and oxygen atoms in total. The van der Waals surface area contributed by atoms with Gasteiger partial charge in [0.2, 0.25) is 5.91 Å². The Morgan fingerprint density at radius 1 is 1.04 bits per heavy atom. The average Bonchev–Trinajstić information content (AvgIpc) is 2.67. The average molecular weight is 380 g/mol. The van der Waals surface area contributed by atoms with Crippen molar-refractivity contribution in [2.45, 2.75) is 67.9 Å². The Kier molecular flexibility index (Phi) is 47.2. The van der Waals surface area contributed by atoms with Gasteiger partial charge >= 0.3 is 6.03 Å². The fourth-order valence-corrected chi connectivity index (χ4v) is 0.811. The first-order valence-corrected chi connectivity index (χ1v) is 9.43. The molecule has 1 unspecified atom stereocenters. The van der Waals surface area contributed by atoms with Crippen molar-refractivity contribution < 1.29 is 14.4 Å². The second-order valence-electron chi connectivity index (χ2n) is 4.68. The first-order chi connectivity index (χ1) is 12.3. The Balaban J connectivity index is -0.0000000842. The molecule has 0 aliphatic rings. The number of aldehydes is 1. The van der Waals surface area contributed by atoms with Crippen molar-refractivity contribution in [3.05, 3.63) is 0 Å². The summed E-state index contributed by atoms with van der Waals surface area (Å²) in [6.07, 6.45) is 1.56. The predicted molar refractivity (Wildman–Crippen MR) is 112 cm³/mol. The van der Waals surface area contributed by atoms with E-state index in [4.69, 9.17) is 11.5 Å². The monoisotopic (exact) mass is 379 g/mol. The molecule has 0 radical (unpaired) electrons. The van der Waals surface area contributed by atoms with Crippen LogP contribution in [0, 0.1) is 5.92 Å². The molecule has 0 bridgehead atoms. The minimum atomic E-state index is -0.519. The standard InChI is InChI=1S/C7H14N2O2.C4H10N2O.C3H9N.2C2H6/c1-5(2)6(8)7(11)9-3-4-10;1-2-3-6-4(5)7;1-3-4-2;2*1-2/h4-6H,3,8H2,1-2H3,(H,9,11);2-3H2,1H3,(H3,5,6,7);4H,3H2,1-2H3;2*1-2H3. The van der Waals surface area contributed by atoms with Crippen LogP contribution in [0.3, 0.4) is 0 Å². The molecule has 26 heavy (non-hydrogen) atoms. The summed E-state index contributed by atoms with van der Waals surface area (Å²) in [7, 11) is 1.93. The van der Waals surface area contributed by atoms with Gasteiger partial charge in [-0.05, 0) is 25.9 Å². The molecule has 160 valence electrons. The highest BCUT2D eigenvalue weighted by Crippen LogP contribution is 1.96. The van der Waals surface area contributed by atoms with Crippen molar-refractivity contribution in [3.8, 4) is 0 Å². The van der Waals surface area contributed by atoms with Crippen LogP contribution in [0.4, 0.5) is 4.79 Å². The van der Waals surface area contributed by atoms with E-state index in [1.807, 2.05) is 55.5 Å². The van der Waals surface area contributed by atoms with Crippen LogP contribution in [0.5, 0.6) is 0 Å². The van der Waals surface area contributed by atoms with E-state index < -0.39 is 12.1 Å². The van der Waals surface area contributed by atoms with Crippen LogP contribution >= 0.6 is 0 Å². The molecular formula is C18H45N5O3. The van der Waals surface area contributed by atoms with Crippen molar-refractivity contribution in [3.63, 3.8) is 0 Å². The van der Waals surface area contributed by atoms with E-state index in [-0.39, 0.29) is 18.4 Å². The number of nitrogens with one attached hydrogen (secondary N) is 3. The molecule has 1 atom stereocenters. The molecule has 7 N–H and O–H groups in total. The second kappa shape index (κ2) is 34.6. The molecule has 0 aromatic carbocycles. The van der Waals surface area contributed by atoms with Crippen molar-refractivity contribution in [2.24, 2.45) is 17.4 Å². The summed E-state index contributed by atoms with van der Waals surface area (Å²) in [6.45, 7) is 17.5. The molecular weight excluding hydrogens is 334 g/mol. The third-order valence-corrected chi connectivity index (χ3v) is 2.28. The second-order valence-corrected chi connectivity index (χ2v) is 4.68. The number of hydrogen-bond donors (Lipinski definition) is 5. The maximum absolute atomic E-state index is 10.9. The summed E-state index contributed by atoms with van der Waals surface area (Å²) < 4.78 is 0. The molecule has 0 saturated carbocycles. The summed E-state index contributed by atoms with van der Waals surface area (Å²) in [5, 5.41) is 7.75. The van der Waals surface area contributed by atoms with Gasteiger partial charge in [0.05, 0.1) is 12.6 Å². The van der Waals surface area contributed by atoms with E-state index in [0.29, 0.717) is 12.8 Å². The maximum atomic E-state index is 10.9. The predicted octanol–water partition coefficient (Wildman–Crippen LogP) is 1.63. The Hall–Kier alpha value is -1.67. The zero-order valence-corrected chi connectivity index (χ0v) is 18.4. The molecule has 0 aliphatic heterocycles. The molecule has 0 rings (SSSR count). The third kappa shape index (κ3) is 43.2. The summed E-state index contributed by atoms with van der Waals surface area (Å²) >= 11 is 0. The number of amides is 3. The largest absolute Gasteiger partial charge is 0.352 e. The van der Waals surface area contributed by atoms with Gasteiger partial charge in [-0.1, -0.05) is 55.4 Å².